The molecule has 5 N–H and O–H groups in total. The highest BCUT2D eigenvalue weighted by atomic mass is 16.7. The van der Waals surface area contributed by atoms with Gasteiger partial charge < -0.3 is 43.8 Å². The number of aliphatic hydroxyl groups is 4. The Labute approximate surface area is 195 Å². The van der Waals surface area contributed by atoms with E-state index in [4.69, 9.17) is 18.3 Å². The number of ether oxygens (including phenoxy) is 2. The Morgan fingerprint density at radius 2 is 1.51 bits per heavy atom. The van der Waals surface area contributed by atoms with Gasteiger partial charge in [0.05, 0.1) is 12.2 Å². The zero-order valence-electron chi connectivity index (χ0n) is 17.9. The van der Waals surface area contributed by atoms with Gasteiger partial charge in [-0.25, -0.2) is 9.59 Å². The van der Waals surface area contributed by atoms with Crippen LogP contribution in [0.5, 0.6) is 11.5 Å². The van der Waals surface area contributed by atoms with Crippen molar-refractivity contribution >= 4 is 21.9 Å². The van der Waals surface area contributed by atoms with Crippen LogP contribution in [-0.4, -0.2) is 62.8 Å². The normalized spacial score (nSPS) is 24.6. The third kappa shape index (κ3) is 4.05. The smallest absolute Gasteiger partial charge is 0.336 e. The standard InChI is InChI=1S/C24H20O11/c25-9-16-20(29)21(30)22(31)24(34-16)33-15-8-14-11(3-6-17(27)32-14)7-12(15)19-13(26)4-1-10-2-5-18(28)35-23(10)19/h1-8,16,20-22,24-26,29-31H,9H2/t16-,20-,21+,22-,24-/m1/s1. The third-order valence-electron chi connectivity index (χ3n) is 5.85. The molecule has 5 rings (SSSR count). The van der Waals surface area contributed by atoms with Crippen molar-refractivity contribution in [2.45, 2.75) is 30.7 Å². The van der Waals surface area contributed by atoms with Gasteiger partial charge in [0.15, 0.2) is 0 Å². The van der Waals surface area contributed by atoms with Crippen molar-refractivity contribution in [1.29, 1.82) is 0 Å². The first kappa shape index (κ1) is 23.0. The van der Waals surface area contributed by atoms with Crippen molar-refractivity contribution in [3.8, 4) is 22.6 Å². The minimum atomic E-state index is -1.72. The Morgan fingerprint density at radius 3 is 2.26 bits per heavy atom. The van der Waals surface area contributed by atoms with E-state index >= 15 is 0 Å². The van der Waals surface area contributed by atoms with E-state index in [-0.39, 0.29) is 33.8 Å². The summed E-state index contributed by atoms with van der Waals surface area (Å²) in [6.45, 7) is -0.667. The van der Waals surface area contributed by atoms with E-state index < -0.39 is 48.6 Å². The Hall–Kier alpha value is -3.74. The average Bonchev–Trinajstić information content (AvgIpc) is 2.84. The van der Waals surface area contributed by atoms with Gasteiger partial charge in [0.25, 0.3) is 0 Å². The molecule has 1 saturated heterocycles. The molecule has 2 aromatic carbocycles. The number of rotatable bonds is 4. The number of fused-ring (bicyclic) bond motifs is 2. The van der Waals surface area contributed by atoms with Crippen LogP contribution in [0.15, 0.2) is 67.0 Å². The zero-order valence-corrected chi connectivity index (χ0v) is 17.9. The summed E-state index contributed by atoms with van der Waals surface area (Å²) in [6.07, 6.45) is -7.82. The van der Waals surface area contributed by atoms with Gasteiger partial charge in [-0.15, -0.1) is 0 Å². The van der Waals surface area contributed by atoms with Crippen molar-refractivity contribution in [3.05, 3.63) is 69.4 Å². The van der Waals surface area contributed by atoms with Crippen LogP contribution in [0.3, 0.4) is 0 Å². The summed E-state index contributed by atoms with van der Waals surface area (Å²) in [7, 11) is 0. The summed E-state index contributed by atoms with van der Waals surface area (Å²) in [6, 6.07) is 11.2. The Balaban J connectivity index is 1.72. The maximum absolute atomic E-state index is 12.0. The first-order chi connectivity index (χ1) is 16.8. The van der Waals surface area contributed by atoms with Gasteiger partial charge >= 0.3 is 11.3 Å². The van der Waals surface area contributed by atoms with E-state index in [1.807, 2.05) is 0 Å². The van der Waals surface area contributed by atoms with E-state index in [0.29, 0.717) is 10.8 Å². The maximum atomic E-state index is 12.0. The molecule has 0 aliphatic carbocycles. The van der Waals surface area contributed by atoms with Gasteiger partial charge in [-0.05, 0) is 30.3 Å². The quantitative estimate of drug-likeness (QED) is 0.254. The van der Waals surface area contributed by atoms with Gasteiger partial charge in [0.2, 0.25) is 6.29 Å². The Kier molecular flexibility index (Phi) is 5.79. The molecule has 5 atom stereocenters. The summed E-state index contributed by atoms with van der Waals surface area (Å²) in [5.74, 6) is -0.340. The summed E-state index contributed by atoms with van der Waals surface area (Å²) < 4.78 is 21.9. The van der Waals surface area contributed by atoms with Crippen molar-refractivity contribution in [2.75, 3.05) is 6.61 Å². The van der Waals surface area contributed by atoms with E-state index in [0.717, 1.165) is 0 Å². The number of hydrogen-bond acceptors (Lipinski definition) is 11. The van der Waals surface area contributed by atoms with E-state index in [1.54, 1.807) is 6.07 Å². The first-order valence-electron chi connectivity index (χ1n) is 10.6. The van der Waals surface area contributed by atoms with Gasteiger partial charge in [-0.2, -0.15) is 0 Å². The fourth-order valence-corrected chi connectivity index (χ4v) is 4.06. The van der Waals surface area contributed by atoms with Crippen LogP contribution in [0.1, 0.15) is 0 Å². The number of benzene rings is 2. The molecule has 11 nitrogen and oxygen atoms in total. The van der Waals surface area contributed by atoms with Crippen molar-refractivity contribution < 1.29 is 43.8 Å². The molecular weight excluding hydrogens is 464 g/mol. The second-order valence-corrected chi connectivity index (χ2v) is 8.09. The van der Waals surface area contributed by atoms with Gasteiger partial charge in [-0.3, -0.25) is 0 Å². The molecule has 11 heteroatoms. The summed E-state index contributed by atoms with van der Waals surface area (Å²) in [5.41, 5.74) is -0.890. The molecule has 0 amide bonds. The van der Waals surface area contributed by atoms with Crippen LogP contribution >= 0.6 is 0 Å². The highest BCUT2D eigenvalue weighted by molar-refractivity contribution is 5.99. The molecule has 35 heavy (non-hydrogen) atoms. The molecule has 0 spiro atoms. The molecule has 1 aliphatic rings. The fourth-order valence-electron chi connectivity index (χ4n) is 4.06. The topological polar surface area (TPSA) is 180 Å². The second kappa shape index (κ2) is 8.80. The molecule has 0 bridgehead atoms. The number of aliphatic hydroxyl groups excluding tert-OH is 4. The molecule has 0 unspecified atom stereocenters. The highest BCUT2D eigenvalue weighted by Gasteiger charge is 2.45. The van der Waals surface area contributed by atoms with Gasteiger partial charge in [0, 0.05) is 34.5 Å². The first-order valence-corrected chi connectivity index (χ1v) is 10.6. The highest BCUT2D eigenvalue weighted by Crippen LogP contribution is 2.43. The molecule has 1 aliphatic heterocycles. The molecular formula is C24H20O11. The third-order valence-corrected chi connectivity index (χ3v) is 5.85. The zero-order chi connectivity index (χ0) is 24.9. The molecule has 1 fully saturated rings. The van der Waals surface area contributed by atoms with Gasteiger partial charge in [0.1, 0.15) is 47.1 Å². The van der Waals surface area contributed by atoms with Crippen LogP contribution in [0.25, 0.3) is 33.1 Å². The minimum Gasteiger partial charge on any atom is -0.507 e. The van der Waals surface area contributed by atoms with Crippen molar-refractivity contribution in [3.63, 3.8) is 0 Å². The Morgan fingerprint density at radius 1 is 0.829 bits per heavy atom. The van der Waals surface area contributed by atoms with Crippen LogP contribution in [0.4, 0.5) is 0 Å². The lowest BCUT2D eigenvalue weighted by molar-refractivity contribution is -0.277. The number of hydrogen-bond donors (Lipinski definition) is 5. The monoisotopic (exact) mass is 484 g/mol. The maximum Gasteiger partial charge on any atom is 0.336 e. The Bertz CT molecular complexity index is 1520. The number of aromatic hydroxyl groups is 1. The summed E-state index contributed by atoms with van der Waals surface area (Å²) >= 11 is 0. The largest absolute Gasteiger partial charge is 0.507 e. The SMILES string of the molecule is O=c1ccc2cc(-c3c(O)ccc4ccc(=O)oc34)c(O[C@@H]3O[C@H](CO)[C@@H](O)[C@H](O)[C@H]3O)cc2o1. The van der Waals surface area contributed by atoms with Gasteiger partial charge in [-0.1, -0.05) is 0 Å². The lowest BCUT2D eigenvalue weighted by Crippen LogP contribution is -2.60. The molecule has 4 aromatic rings. The predicted octanol–water partition coefficient (Wildman–Crippen LogP) is 0.451. The summed E-state index contributed by atoms with van der Waals surface area (Å²) in [4.78, 5) is 23.7. The van der Waals surface area contributed by atoms with Crippen molar-refractivity contribution in [2.24, 2.45) is 0 Å². The molecule has 2 aromatic heterocycles. The van der Waals surface area contributed by atoms with E-state index in [2.05, 4.69) is 0 Å². The molecule has 0 radical (unpaired) electrons. The lowest BCUT2D eigenvalue weighted by atomic mass is 9.98. The van der Waals surface area contributed by atoms with Crippen LogP contribution in [0.2, 0.25) is 0 Å². The molecule has 3 heterocycles. The summed E-state index contributed by atoms with van der Waals surface area (Å²) in [5, 5.41) is 51.8. The fraction of sp³-hybridized carbons (Fsp3) is 0.250. The predicted molar refractivity (Wildman–Crippen MR) is 120 cm³/mol. The number of phenols is 1. The lowest BCUT2D eigenvalue weighted by Gasteiger charge is -2.39. The molecule has 0 saturated carbocycles. The van der Waals surface area contributed by atoms with Crippen LogP contribution in [0, 0.1) is 0 Å². The molecule has 182 valence electrons. The second-order valence-electron chi connectivity index (χ2n) is 8.09. The van der Waals surface area contributed by atoms with E-state index in [1.165, 1.54) is 42.5 Å². The number of phenolic OH excluding ortho intramolecular Hbond substituents is 1. The van der Waals surface area contributed by atoms with Crippen molar-refractivity contribution in [1.82, 2.24) is 0 Å². The van der Waals surface area contributed by atoms with E-state index in [9.17, 15) is 35.1 Å². The van der Waals surface area contributed by atoms with Crippen LogP contribution < -0.4 is 16.0 Å². The average molecular weight is 484 g/mol. The van der Waals surface area contributed by atoms with Crippen LogP contribution in [-0.2, 0) is 4.74 Å². The minimum absolute atomic E-state index is 0.0490.